The standard InChI is InChI=1S/C24H30N4O2S/c1-16(2)14-25-22(29)19-8-11-27(12-9-19)24-26-20-10-13-31-21(20)23(30)28(24)15-18-6-4-17(3)5-7-18/h4-7,10,13,16,19H,8-9,11-12,14-15H2,1-3H3,(H,25,29). The first-order valence-electron chi connectivity index (χ1n) is 11.0. The van der Waals surface area contributed by atoms with Gasteiger partial charge in [0.05, 0.1) is 12.1 Å². The summed E-state index contributed by atoms with van der Waals surface area (Å²) >= 11 is 1.44. The highest BCUT2D eigenvalue weighted by molar-refractivity contribution is 7.17. The van der Waals surface area contributed by atoms with Crippen LogP contribution in [0.25, 0.3) is 10.2 Å². The third-order valence-electron chi connectivity index (χ3n) is 5.84. The average Bonchev–Trinajstić information content (AvgIpc) is 3.24. The topological polar surface area (TPSA) is 67.2 Å². The molecule has 2 aromatic heterocycles. The summed E-state index contributed by atoms with van der Waals surface area (Å²) in [6.45, 7) is 8.90. The van der Waals surface area contributed by atoms with Crippen LogP contribution < -0.4 is 15.8 Å². The predicted molar refractivity (Wildman–Crippen MR) is 127 cm³/mol. The maximum atomic E-state index is 13.3. The molecule has 1 fully saturated rings. The molecule has 0 atom stereocenters. The Kier molecular flexibility index (Phi) is 6.41. The molecule has 1 aromatic carbocycles. The van der Waals surface area contributed by atoms with Gasteiger partial charge in [0.25, 0.3) is 5.56 Å². The summed E-state index contributed by atoms with van der Waals surface area (Å²) in [5, 5.41) is 4.98. The van der Waals surface area contributed by atoms with Crippen molar-refractivity contribution >= 4 is 33.4 Å². The van der Waals surface area contributed by atoms with E-state index in [2.05, 4.69) is 55.3 Å². The Morgan fingerprint density at radius 1 is 1.19 bits per heavy atom. The lowest BCUT2D eigenvalue weighted by Gasteiger charge is -2.33. The molecule has 0 saturated carbocycles. The van der Waals surface area contributed by atoms with Gasteiger partial charge in [-0.25, -0.2) is 4.98 Å². The molecule has 31 heavy (non-hydrogen) atoms. The number of benzene rings is 1. The van der Waals surface area contributed by atoms with Crippen LogP contribution in [0.2, 0.25) is 0 Å². The van der Waals surface area contributed by atoms with E-state index in [4.69, 9.17) is 4.98 Å². The van der Waals surface area contributed by atoms with Gasteiger partial charge in [-0.2, -0.15) is 0 Å². The molecule has 1 saturated heterocycles. The maximum absolute atomic E-state index is 13.3. The summed E-state index contributed by atoms with van der Waals surface area (Å²) < 4.78 is 2.49. The summed E-state index contributed by atoms with van der Waals surface area (Å²) in [4.78, 5) is 32.8. The number of carbonyl (C=O) groups excluding carboxylic acids is 1. The fraction of sp³-hybridized carbons (Fsp3) is 0.458. The monoisotopic (exact) mass is 438 g/mol. The van der Waals surface area contributed by atoms with Crippen LogP contribution in [0, 0.1) is 18.8 Å². The lowest BCUT2D eigenvalue weighted by molar-refractivity contribution is -0.125. The average molecular weight is 439 g/mol. The first kappa shape index (κ1) is 21.6. The third kappa shape index (κ3) is 4.82. The number of carbonyl (C=O) groups is 1. The van der Waals surface area contributed by atoms with Crippen molar-refractivity contribution in [2.75, 3.05) is 24.5 Å². The van der Waals surface area contributed by atoms with Gasteiger partial charge in [0, 0.05) is 25.6 Å². The van der Waals surface area contributed by atoms with Crippen LogP contribution in [0.1, 0.15) is 37.8 Å². The Morgan fingerprint density at radius 2 is 1.90 bits per heavy atom. The van der Waals surface area contributed by atoms with Gasteiger partial charge in [-0.1, -0.05) is 43.7 Å². The van der Waals surface area contributed by atoms with E-state index in [9.17, 15) is 9.59 Å². The van der Waals surface area contributed by atoms with Crippen molar-refractivity contribution in [3.63, 3.8) is 0 Å². The summed E-state index contributed by atoms with van der Waals surface area (Å²) in [5.74, 6) is 1.32. The Hall–Kier alpha value is -2.67. The Bertz CT molecular complexity index is 1110. The molecule has 1 aliphatic rings. The van der Waals surface area contributed by atoms with E-state index in [0.29, 0.717) is 29.7 Å². The van der Waals surface area contributed by atoms with Crippen molar-refractivity contribution in [2.45, 2.75) is 40.2 Å². The van der Waals surface area contributed by atoms with E-state index < -0.39 is 0 Å². The molecular formula is C24H30N4O2S. The number of amides is 1. The largest absolute Gasteiger partial charge is 0.356 e. The van der Waals surface area contributed by atoms with Gasteiger partial charge in [-0.15, -0.1) is 11.3 Å². The van der Waals surface area contributed by atoms with Gasteiger partial charge < -0.3 is 10.2 Å². The third-order valence-corrected chi connectivity index (χ3v) is 6.73. The number of fused-ring (bicyclic) bond motifs is 1. The second kappa shape index (κ2) is 9.22. The van der Waals surface area contributed by atoms with E-state index in [1.807, 2.05) is 11.4 Å². The van der Waals surface area contributed by atoms with Crippen molar-refractivity contribution in [2.24, 2.45) is 11.8 Å². The van der Waals surface area contributed by atoms with E-state index in [0.717, 1.165) is 37.0 Å². The number of aromatic nitrogens is 2. The zero-order valence-electron chi connectivity index (χ0n) is 18.4. The summed E-state index contributed by atoms with van der Waals surface area (Å²) in [6, 6.07) is 10.2. The van der Waals surface area contributed by atoms with Crippen LogP contribution in [0.15, 0.2) is 40.5 Å². The summed E-state index contributed by atoms with van der Waals surface area (Å²) in [5.41, 5.74) is 3.03. The van der Waals surface area contributed by atoms with Crippen LogP contribution in [-0.2, 0) is 11.3 Å². The van der Waals surface area contributed by atoms with Crippen molar-refractivity contribution < 1.29 is 4.79 Å². The normalized spacial score (nSPS) is 15.0. The first-order chi connectivity index (χ1) is 14.9. The minimum absolute atomic E-state index is 0.00683. The molecule has 1 amide bonds. The molecule has 0 radical (unpaired) electrons. The van der Waals surface area contributed by atoms with E-state index in [1.165, 1.54) is 16.9 Å². The highest BCUT2D eigenvalue weighted by Crippen LogP contribution is 2.25. The lowest BCUT2D eigenvalue weighted by atomic mass is 9.96. The van der Waals surface area contributed by atoms with E-state index >= 15 is 0 Å². The van der Waals surface area contributed by atoms with Crippen LogP contribution in [-0.4, -0.2) is 35.1 Å². The molecule has 0 aliphatic carbocycles. The zero-order chi connectivity index (χ0) is 22.0. The molecular weight excluding hydrogens is 408 g/mol. The second-order valence-corrected chi connectivity index (χ2v) is 9.74. The minimum Gasteiger partial charge on any atom is -0.356 e. The highest BCUT2D eigenvalue weighted by atomic mass is 32.1. The molecule has 0 spiro atoms. The van der Waals surface area contributed by atoms with Gasteiger partial charge in [0.2, 0.25) is 11.9 Å². The van der Waals surface area contributed by atoms with Crippen molar-refractivity contribution in [1.29, 1.82) is 0 Å². The SMILES string of the molecule is Cc1ccc(Cn2c(N3CCC(C(=O)NCC(C)C)CC3)nc3ccsc3c2=O)cc1. The molecule has 0 bridgehead atoms. The summed E-state index contributed by atoms with van der Waals surface area (Å²) in [7, 11) is 0. The predicted octanol–water partition coefficient (Wildman–Crippen LogP) is 3.80. The Morgan fingerprint density at radius 3 is 2.58 bits per heavy atom. The van der Waals surface area contributed by atoms with Crippen molar-refractivity contribution in [3.8, 4) is 0 Å². The lowest BCUT2D eigenvalue weighted by Crippen LogP contribution is -2.43. The fourth-order valence-electron chi connectivity index (χ4n) is 3.98. The van der Waals surface area contributed by atoms with Crippen LogP contribution >= 0.6 is 11.3 Å². The first-order valence-corrected chi connectivity index (χ1v) is 11.9. The number of nitrogens with zero attached hydrogens (tertiary/aromatic N) is 3. The number of aryl methyl sites for hydroxylation is 1. The number of rotatable bonds is 6. The number of thiophene rings is 1. The molecule has 4 rings (SSSR count). The second-order valence-electron chi connectivity index (χ2n) is 8.82. The van der Waals surface area contributed by atoms with Gasteiger partial charge in [-0.3, -0.25) is 14.2 Å². The quantitative estimate of drug-likeness (QED) is 0.636. The van der Waals surface area contributed by atoms with Crippen LogP contribution in [0.3, 0.4) is 0 Å². The molecule has 0 unspecified atom stereocenters. The van der Waals surface area contributed by atoms with Gasteiger partial charge in [-0.05, 0) is 42.7 Å². The van der Waals surface area contributed by atoms with E-state index in [1.54, 1.807) is 4.57 Å². The molecule has 1 aliphatic heterocycles. The van der Waals surface area contributed by atoms with Gasteiger partial charge in [0.1, 0.15) is 4.70 Å². The summed E-state index contributed by atoms with van der Waals surface area (Å²) in [6.07, 6.45) is 1.54. The minimum atomic E-state index is 0.00683. The number of piperidine rings is 1. The van der Waals surface area contributed by atoms with E-state index in [-0.39, 0.29) is 17.4 Å². The molecule has 6 nitrogen and oxygen atoms in total. The molecule has 7 heteroatoms. The fourth-order valence-corrected chi connectivity index (χ4v) is 4.76. The highest BCUT2D eigenvalue weighted by Gasteiger charge is 2.27. The van der Waals surface area contributed by atoms with Gasteiger partial charge in [0.15, 0.2) is 0 Å². The smallest absolute Gasteiger partial charge is 0.273 e. The van der Waals surface area contributed by atoms with Crippen LogP contribution in [0.5, 0.6) is 0 Å². The zero-order valence-corrected chi connectivity index (χ0v) is 19.2. The molecule has 3 aromatic rings. The maximum Gasteiger partial charge on any atom is 0.273 e. The van der Waals surface area contributed by atoms with Crippen molar-refractivity contribution in [3.05, 3.63) is 57.2 Å². The Labute approximate surface area is 186 Å². The number of hydrogen-bond donors (Lipinski definition) is 1. The molecule has 1 N–H and O–H groups in total. The van der Waals surface area contributed by atoms with Crippen LogP contribution in [0.4, 0.5) is 5.95 Å². The number of nitrogens with one attached hydrogen (secondary N) is 1. The Balaban J connectivity index is 1.58. The molecule has 3 heterocycles. The number of hydrogen-bond acceptors (Lipinski definition) is 5. The number of anilines is 1. The molecule has 164 valence electrons. The van der Waals surface area contributed by atoms with Gasteiger partial charge >= 0.3 is 0 Å². The van der Waals surface area contributed by atoms with Crippen molar-refractivity contribution in [1.82, 2.24) is 14.9 Å².